The molecule has 0 bridgehead atoms. The van der Waals surface area contributed by atoms with E-state index in [1.165, 1.54) is 37.9 Å². The van der Waals surface area contributed by atoms with Crippen molar-refractivity contribution in [2.24, 2.45) is 0 Å². The number of carboxylic acid groups (broad SMARTS) is 1. The fourth-order valence-corrected chi connectivity index (χ4v) is 5.02. The molecule has 0 spiro atoms. The Bertz CT molecular complexity index is 1560. The van der Waals surface area contributed by atoms with Crippen molar-refractivity contribution in [1.29, 1.82) is 0 Å². The molecule has 0 heterocycles. The Labute approximate surface area is 214 Å². The van der Waals surface area contributed by atoms with Crippen LogP contribution in [0, 0.1) is 0 Å². The lowest BCUT2D eigenvalue weighted by Crippen LogP contribution is -2.46. The van der Waals surface area contributed by atoms with Gasteiger partial charge >= 0.3 is 5.97 Å². The summed E-state index contributed by atoms with van der Waals surface area (Å²) in [4.78, 5) is 36.2. The third-order valence-electron chi connectivity index (χ3n) is 6.83. The minimum atomic E-state index is -1.11. The zero-order valence-corrected chi connectivity index (χ0v) is 20.4. The lowest BCUT2D eigenvalue weighted by atomic mass is 9.90. The fourth-order valence-electron chi connectivity index (χ4n) is 5.02. The Morgan fingerprint density at radius 3 is 2.14 bits per heavy atom. The van der Waals surface area contributed by atoms with Crippen LogP contribution in [0.4, 0.5) is 0 Å². The van der Waals surface area contributed by atoms with Crippen molar-refractivity contribution in [3.8, 4) is 0 Å². The second-order valence-electron chi connectivity index (χ2n) is 9.36. The van der Waals surface area contributed by atoms with Crippen molar-refractivity contribution in [2.45, 2.75) is 31.7 Å². The van der Waals surface area contributed by atoms with Gasteiger partial charge in [-0.15, -0.1) is 0 Å². The molecule has 0 saturated carbocycles. The topological polar surface area (TPSA) is 95.5 Å². The summed E-state index contributed by atoms with van der Waals surface area (Å²) in [6, 6.07) is 27.3. The van der Waals surface area contributed by atoms with Gasteiger partial charge in [0.15, 0.2) is 0 Å². The van der Waals surface area contributed by atoms with E-state index in [-0.39, 0.29) is 25.3 Å². The predicted molar refractivity (Wildman–Crippen MR) is 146 cm³/mol. The average Bonchev–Trinajstić information content (AvgIpc) is 2.91. The van der Waals surface area contributed by atoms with Gasteiger partial charge in [-0.2, -0.15) is 0 Å². The first kappa shape index (κ1) is 24.3. The molecule has 6 nitrogen and oxygen atoms in total. The van der Waals surface area contributed by atoms with E-state index in [0.29, 0.717) is 6.42 Å². The molecule has 5 aromatic rings. The molecule has 6 heteroatoms. The normalized spacial score (nSPS) is 12.1. The summed E-state index contributed by atoms with van der Waals surface area (Å²) < 4.78 is 0. The number of aliphatic carboxylic acids is 1. The van der Waals surface area contributed by atoms with Crippen LogP contribution in [-0.4, -0.2) is 35.5 Å². The predicted octanol–water partition coefficient (Wildman–Crippen LogP) is 4.84. The molecule has 37 heavy (non-hydrogen) atoms. The van der Waals surface area contributed by atoms with Crippen LogP contribution < -0.4 is 10.6 Å². The van der Waals surface area contributed by atoms with Crippen LogP contribution >= 0.6 is 0 Å². The van der Waals surface area contributed by atoms with Gasteiger partial charge in [0.05, 0.1) is 6.54 Å². The smallest absolute Gasteiger partial charge is 0.326 e. The molecule has 5 rings (SSSR count). The number of carbonyl (C=O) groups excluding carboxylic acids is 2. The maximum absolute atomic E-state index is 12.4. The molecule has 2 amide bonds. The third-order valence-corrected chi connectivity index (χ3v) is 6.83. The lowest BCUT2D eigenvalue weighted by Gasteiger charge is -2.15. The molecule has 1 atom stereocenters. The molecule has 0 fully saturated rings. The molecule has 0 radical (unpaired) electrons. The number of hydrogen-bond donors (Lipinski definition) is 3. The average molecular weight is 493 g/mol. The molecular weight excluding hydrogens is 464 g/mol. The summed E-state index contributed by atoms with van der Waals surface area (Å²) in [5.74, 6) is -1.87. The van der Waals surface area contributed by atoms with Crippen molar-refractivity contribution < 1.29 is 19.5 Å². The molecule has 0 saturated heterocycles. The highest BCUT2D eigenvalue weighted by molar-refractivity contribution is 6.23. The number of amides is 2. The second kappa shape index (κ2) is 10.7. The van der Waals surface area contributed by atoms with Gasteiger partial charge in [0.25, 0.3) is 0 Å². The number of aryl methyl sites for hydroxylation is 1. The van der Waals surface area contributed by atoms with Gasteiger partial charge in [0, 0.05) is 12.8 Å². The molecule has 186 valence electrons. The third kappa shape index (κ3) is 5.38. The van der Waals surface area contributed by atoms with Crippen LogP contribution in [0.15, 0.2) is 84.9 Å². The van der Waals surface area contributed by atoms with Gasteiger partial charge in [-0.25, -0.2) is 4.79 Å². The maximum atomic E-state index is 12.4. The van der Waals surface area contributed by atoms with Crippen LogP contribution in [0.1, 0.15) is 24.0 Å². The minimum absolute atomic E-state index is 0.176. The van der Waals surface area contributed by atoms with Crippen LogP contribution in [0.3, 0.4) is 0 Å². The van der Waals surface area contributed by atoms with Gasteiger partial charge in [0.1, 0.15) is 6.04 Å². The van der Waals surface area contributed by atoms with Crippen LogP contribution in [-0.2, 0) is 27.2 Å². The summed E-state index contributed by atoms with van der Waals surface area (Å²) in [5.41, 5.74) is 2.01. The lowest BCUT2D eigenvalue weighted by molar-refractivity contribution is -0.141. The highest BCUT2D eigenvalue weighted by Crippen LogP contribution is 2.36. The number of carboxylic acids is 1. The van der Waals surface area contributed by atoms with Crippen LogP contribution in [0.5, 0.6) is 0 Å². The van der Waals surface area contributed by atoms with Crippen LogP contribution in [0.25, 0.3) is 32.3 Å². The molecule has 0 aliphatic rings. The van der Waals surface area contributed by atoms with Gasteiger partial charge in [-0.3, -0.25) is 9.59 Å². The molecular formula is C31H28N2O4. The SMILES string of the molecule is O=C(CCCc1ccc2ccc3cccc4ccc1c2c34)NCC(=O)N[C@H](Cc1ccccc1)C(=O)O. The van der Waals surface area contributed by atoms with Crippen molar-refractivity contribution in [2.75, 3.05) is 6.54 Å². The first-order valence-electron chi connectivity index (χ1n) is 12.5. The second-order valence-corrected chi connectivity index (χ2v) is 9.36. The van der Waals surface area contributed by atoms with E-state index in [9.17, 15) is 19.5 Å². The highest BCUT2D eigenvalue weighted by Gasteiger charge is 2.20. The standard InChI is InChI=1S/C31H28N2O4/c34-27(32-19-28(35)33-26(31(36)37)18-20-6-2-1-3-7-20)11-5-8-21-12-13-24-15-14-22-9-4-10-23-16-17-25(21)30(24)29(22)23/h1-4,6-7,9-10,12-17,26H,5,8,11,18-19H2,(H,32,34)(H,33,35)(H,36,37)/t26-/m1/s1. The van der Waals surface area contributed by atoms with Crippen molar-refractivity contribution in [1.82, 2.24) is 10.6 Å². The number of nitrogens with one attached hydrogen (secondary N) is 2. The van der Waals surface area contributed by atoms with Gasteiger partial charge in [-0.05, 0) is 56.3 Å². The molecule has 0 aliphatic carbocycles. The quantitative estimate of drug-likeness (QED) is 0.243. The molecule has 0 unspecified atom stereocenters. The van der Waals surface area contributed by atoms with E-state index >= 15 is 0 Å². The Hall–Kier alpha value is -4.45. The van der Waals surface area contributed by atoms with E-state index in [1.807, 2.05) is 30.3 Å². The summed E-state index contributed by atoms with van der Waals surface area (Å²) in [6.45, 7) is -0.254. The fraction of sp³-hybridized carbons (Fsp3) is 0.194. The maximum Gasteiger partial charge on any atom is 0.326 e. The van der Waals surface area contributed by atoms with E-state index < -0.39 is 17.9 Å². The Kier molecular flexibility index (Phi) is 6.99. The Balaban J connectivity index is 1.15. The number of benzene rings is 5. The van der Waals surface area contributed by atoms with Gasteiger partial charge in [-0.1, -0.05) is 84.9 Å². The minimum Gasteiger partial charge on any atom is -0.480 e. The largest absolute Gasteiger partial charge is 0.480 e. The number of carbonyl (C=O) groups is 3. The van der Waals surface area contributed by atoms with E-state index in [4.69, 9.17) is 0 Å². The summed E-state index contributed by atoms with van der Waals surface area (Å²) in [5, 5.41) is 21.9. The Morgan fingerprint density at radius 1 is 0.730 bits per heavy atom. The van der Waals surface area contributed by atoms with Gasteiger partial charge in [0.2, 0.25) is 11.8 Å². The first-order chi connectivity index (χ1) is 18.0. The first-order valence-corrected chi connectivity index (χ1v) is 12.5. The molecule has 5 aromatic carbocycles. The van der Waals surface area contributed by atoms with Crippen molar-refractivity contribution in [3.63, 3.8) is 0 Å². The number of rotatable bonds is 10. The molecule has 3 N–H and O–H groups in total. The zero-order valence-electron chi connectivity index (χ0n) is 20.4. The highest BCUT2D eigenvalue weighted by atomic mass is 16.4. The van der Waals surface area contributed by atoms with E-state index in [0.717, 1.165) is 12.0 Å². The van der Waals surface area contributed by atoms with Crippen molar-refractivity contribution in [3.05, 3.63) is 96.1 Å². The summed E-state index contributed by atoms with van der Waals surface area (Å²) >= 11 is 0. The van der Waals surface area contributed by atoms with E-state index in [1.54, 1.807) is 0 Å². The van der Waals surface area contributed by atoms with Crippen molar-refractivity contribution >= 4 is 50.1 Å². The van der Waals surface area contributed by atoms with E-state index in [2.05, 4.69) is 65.2 Å². The monoisotopic (exact) mass is 492 g/mol. The molecule has 0 aromatic heterocycles. The number of hydrogen-bond acceptors (Lipinski definition) is 3. The zero-order chi connectivity index (χ0) is 25.8. The Morgan fingerprint density at radius 2 is 1.41 bits per heavy atom. The summed E-state index contributed by atoms with van der Waals surface area (Å²) in [6.07, 6.45) is 1.84. The van der Waals surface area contributed by atoms with Gasteiger partial charge < -0.3 is 15.7 Å². The summed E-state index contributed by atoms with van der Waals surface area (Å²) in [7, 11) is 0. The van der Waals surface area contributed by atoms with Crippen LogP contribution in [0.2, 0.25) is 0 Å². The molecule has 0 aliphatic heterocycles.